The van der Waals surface area contributed by atoms with Gasteiger partial charge in [-0.3, -0.25) is 0 Å². The first-order chi connectivity index (χ1) is 8.65. The van der Waals surface area contributed by atoms with E-state index in [1.165, 1.54) is 12.1 Å². The maximum Gasteiger partial charge on any atom is 0.201 e. The van der Waals surface area contributed by atoms with Crippen molar-refractivity contribution in [3.8, 4) is 0 Å². The summed E-state index contributed by atoms with van der Waals surface area (Å²) in [6, 6.07) is 4.59. The number of hydrogen-bond acceptors (Lipinski definition) is 3. The Kier molecular flexibility index (Phi) is 3.81. The van der Waals surface area contributed by atoms with Crippen LogP contribution < -0.4 is 5.73 Å². The highest BCUT2D eigenvalue weighted by Gasteiger charge is 2.09. The molecule has 0 amide bonds. The second-order valence-electron chi connectivity index (χ2n) is 4.28. The van der Waals surface area contributed by atoms with Crippen LogP contribution in [0, 0.1) is 5.82 Å². The van der Waals surface area contributed by atoms with Gasteiger partial charge in [0.1, 0.15) is 5.82 Å². The van der Waals surface area contributed by atoms with Gasteiger partial charge in [-0.1, -0.05) is 13.8 Å². The van der Waals surface area contributed by atoms with Gasteiger partial charge in [0.15, 0.2) is 0 Å². The molecule has 1 aromatic heterocycles. The minimum atomic E-state index is -0.282. The Morgan fingerprint density at radius 2 is 2.06 bits per heavy atom. The van der Waals surface area contributed by atoms with E-state index in [0.29, 0.717) is 11.5 Å². The van der Waals surface area contributed by atoms with Crippen LogP contribution in [0.3, 0.4) is 0 Å². The molecule has 0 saturated carbocycles. The van der Waals surface area contributed by atoms with Crippen LogP contribution in [0.2, 0.25) is 0 Å². The minimum Gasteiger partial charge on any atom is -0.369 e. The van der Waals surface area contributed by atoms with Gasteiger partial charge in [-0.2, -0.15) is 0 Å². The lowest BCUT2D eigenvalue weighted by molar-refractivity contribution is 0.292. The Hall–Kier alpha value is -1.62. The minimum absolute atomic E-state index is 0.282. The van der Waals surface area contributed by atoms with Gasteiger partial charge in [0, 0.05) is 19.2 Å². The van der Waals surface area contributed by atoms with Gasteiger partial charge in [0.25, 0.3) is 0 Å². The van der Waals surface area contributed by atoms with E-state index in [4.69, 9.17) is 5.73 Å². The number of nitrogens with zero attached hydrogens (tertiary/aromatic N) is 3. The first kappa shape index (κ1) is 12.8. The summed E-state index contributed by atoms with van der Waals surface area (Å²) in [6.45, 7) is 7.98. The van der Waals surface area contributed by atoms with Crippen molar-refractivity contribution in [1.82, 2.24) is 14.5 Å². The van der Waals surface area contributed by atoms with Gasteiger partial charge in [0.2, 0.25) is 5.95 Å². The third kappa shape index (κ3) is 2.46. The van der Waals surface area contributed by atoms with Crippen LogP contribution in [0.1, 0.15) is 13.8 Å². The monoisotopic (exact) mass is 250 g/mol. The number of hydrogen-bond donors (Lipinski definition) is 1. The molecule has 2 aromatic rings. The Labute approximate surface area is 106 Å². The molecule has 98 valence electrons. The number of halogens is 1. The predicted molar refractivity (Wildman–Crippen MR) is 71.9 cm³/mol. The van der Waals surface area contributed by atoms with Crippen molar-refractivity contribution >= 4 is 17.0 Å². The second kappa shape index (κ2) is 5.35. The van der Waals surface area contributed by atoms with Gasteiger partial charge >= 0.3 is 0 Å². The molecule has 0 aliphatic heterocycles. The van der Waals surface area contributed by atoms with E-state index < -0.39 is 0 Å². The molecule has 0 fully saturated rings. The molecule has 1 aromatic carbocycles. The molecule has 0 saturated heterocycles. The molecule has 0 aliphatic rings. The molecule has 4 nitrogen and oxygen atoms in total. The van der Waals surface area contributed by atoms with E-state index in [1.54, 1.807) is 6.07 Å². The zero-order valence-electron chi connectivity index (χ0n) is 10.9. The molecular weight excluding hydrogens is 231 g/mol. The number of imidazole rings is 1. The average molecular weight is 250 g/mol. The Balaban J connectivity index is 2.24. The van der Waals surface area contributed by atoms with Crippen molar-refractivity contribution < 1.29 is 4.39 Å². The topological polar surface area (TPSA) is 47.1 Å². The highest BCUT2D eigenvalue weighted by atomic mass is 19.1. The number of aromatic nitrogens is 2. The highest BCUT2D eigenvalue weighted by Crippen LogP contribution is 2.18. The summed E-state index contributed by atoms with van der Waals surface area (Å²) in [5, 5.41) is 0. The van der Waals surface area contributed by atoms with E-state index in [9.17, 15) is 4.39 Å². The molecular formula is C13H19FN4. The van der Waals surface area contributed by atoms with Gasteiger partial charge in [-0.05, 0) is 25.2 Å². The van der Waals surface area contributed by atoms with Crippen molar-refractivity contribution in [2.24, 2.45) is 0 Å². The van der Waals surface area contributed by atoms with Gasteiger partial charge in [-0.15, -0.1) is 0 Å². The van der Waals surface area contributed by atoms with Crippen LogP contribution in [0.25, 0.3) is 11.0 Å². The van der Waals surface area contributed by atoms with Crippen LogP contribution in [-0.2, 0) is 6.54 Å². The van der Waals surface area contributed by atoms with Crippen LogP contribution in [0.5, 0.6) is 0 Å². The standard InChI is InChI=1S/C13H19FN4/c1-3-17(4-2)7-8-18-12-6-5-10(14)9-11(12)16-13(18)15/h5-6,9H,3-4,7-8H2,1-2H3,(H2,15,16). The Morgan fingerprint density at radius 1 is 1.33 bits per heavy atom. The number of likely N-dealkylation sites (N-methyl/N-ethyl adjacent to an activating group) is 1. The highest BCUT2D eigenvalue weighted by molar-refractivity contribution is 5.78. The summed E-state index contributed by atoms with van der Waals surface area (Å²) in [6.07, 6.45) is 0. The lowest BCUT2D eigenvalue weighted by atomic mass is 10.3. The molecule has 0 aliphatic carbocycles. The SMILES string of the molecule is CCN(CC)CCn1c(N)nc2cc(F)ccc21. The third-order valence-corrected chi connectivity index (χ3v) is 3.27. The summed E-state index contributed by atoms with van der Waals surface area (Å²) < 4.78 is 15.0. The van der Waals surface area contributed by atoms with Crippen molar-refractivity contribution in [3.05, 3.63) is 24.0 Å². The van der Waals surface area contributed by atoms with Crippen molar-refractivity contribution in [2.75, 3.05) is 25.4 Å². The summed E-state index contributed by atoms with van der Waals surface area (Å²) in [7, 11) is 0. The van der Waals surface area contributed by atoms with Crippen molar-refractivity contribution in [1.29, 1.82) is 0 Å². The first-order valence-corrected chi connectivity index (χ1v) is 6.29. The average Bonchev–Trinajstić information content (AvgIpc) is 2.66. The fourth-order valence-electron chi connectivity index (χ4n) is 2.14. The van der Waals surface area contributed by atoms with Crippen LogP contribution in [0.4, 0.5) is 10.3 Å². The number of benzene rings is 1. The predicted octanol–water partition coefficient (Wildman–Crippen LogP) is 2.10. The number of fused-ring (bicyclic) bond motifs is 1. The molecule has 2 rings (SSSR count). The second-order valence-corrected chi connectivity index (χ2v) is 4.28. The van der Waals surface area contributed by atoms with E-state index in [2.05, 4.69) is 23.7 Å². The fourth-order valence-corrected chi connectivity index (χ4v) is 2.14. The van der Waals surface area contributed by atoms with E-state index in [0.717, 1.165) is 31.7 Å². The number of anilines is 1. The third-order valence-electron chi connectivity index (χ3n) is 3.27. The van der Waals surface area contributed by atoms with E-state index in [1.807, 2.05) is 4.57 Å². The molecule has 0 unspecified atom stereocenters. The Morgan fingerprint density at radius 3 is 2.72 bits per heavy atom. The molecule has 0 spiro atoms. The van der Waals surface area contributed by atoms with Gasteiger partial charge < -0.3 is 15.2 Å². The lowest BCUT2D eigenvalue weighted by Gasteiger charge is -2.18. The molecule has 5 heteroatoms. The maximum absolute atomic E-state index is 13.1. The number of nitrogens with two attached hydrogens (primary N) is 1. The largest absolute Gasteiger partial charge is 0.369 e. The molecule has 2 N–H and O–H groups in total. The van der Waals surface area contributed by atoms with E-state index in [-0.39, 0.29) is 5.82 Å². The first-order valence-electron chi connectivity index (χ1n) is 6.29. The summed E-state index contributed by atoms with van der Waals surface area (Å²) in [5.41, 5.74) is 7.39. The molecule has 0 radical (unpaired) electrons. The van der Waals surface area contributed by atoms with Gasteiger partial charge in [-0.25, -0.2) is 9.37 Å². The molecule has 0 atom stereocenters. The van der Waals surface area contributed by atoms with Crippen molar-refractivity contribution in [2.45, 2.75) is 20.4 Å². The summed E-state index contributed by atoms with van der Waals surface area (Å²) in [5.74, 6) is 0.165. The smallest absolute Gasteiger partial charge is 0.201 e. The quantitative estimate of drug-likeness (QED) is 0.884. The zero-order valence-corrected chi connectivity index (χ0v) is 10.9. The summed E-state index contributed by atoms with van der Waals surface area (Å²) >= 11 is 0. The lowest BCUT2D eigenvalue weighted by Crippen LogP contribution is -2.27. The van der Waals surface area contributed by atoms with E-state index >= 15 is 0 Å². The normalized spacial score (nSPS) is 11.6. The Bertz CT molecular complexity index is 531. The number of nitrogen functional groups attached to an aromatic ring is 1. The van der Waals surface area contributed by atoms with Crippen molar-refractivity contribution in [3.63, 3.8) is 0 Å². The van der Waals surface area contributed by atoms with Crippen LogP contribution in [0.15, 0.2) is 18.2 Å². The van der Waals surface area contributed by atoms with Crippen LogP contribution >= 0.6 is 0 Å². The number of rotatable bonds is 5. The summed E-state index contributed by atoms with van der Waals surface area (Å²) in [4.78, 5) is 6.50. The molecule has 18 heavy (non-hydrogen) atoms. The van der Waals surface area contributed by atoms with Crippen LogP contribution in [-0.4, -0.2) is 34.1 Å². The fraction of sp³-hybridized carbons (Fsp3) is 0.462. The van der Waals surface area contributed by atoms with Gasteiger partial charge in [0.05, 0.1) is 11.0 Å². The zero-order chi connectivity index (χ0) is 13.1. The maximum atomic E-state index is 13.1. The molecule has 1 heterocycles. The molecule has 0 bridgehead atoms.